The molecule has 67 heavy (non-hydrogen) atoms. The molecule has 3 aliphatic rings. The molecule has 0 radical (unpaired) electrons. The number of aliphatic hydroxyl groups excluding tert-OH is 11. The minimum atomic E-state index is -1.97. The van der Waals surface area contributed by atoms with Crippen molar-refractivity contribution in [1.82, 2.24) is 5.32 Å². The van der Waals surface area contributed by atoms with Gasteiger partial charge in [0.05, 0.1) is 38.6 Å². The average Bonchev–Trinajstić information content (AvgIpc) is 3.32. The summed E-state index contributed by atoms with van der Waals surface area (Å²) in [5.41, 5.74) is 0. The molecule has 17 atom stereocenters. The summed E-state index contributed by atoms with van der Waals surface area (Å²) in [6.45, 7) is 1.42. The molecule has 0 aliphatic carbocycles. The Morgan fingerprint density at radius 1 is 0.552 bits per heavy atom. The largest absolute Gasteiger partial charge is 0.394 e. The fourth-order valence-electron chi connectivity index (χ4n) is 8.06. The van der Waals surface area contributed by atoms with Gasteiger partial charge in [-0.3, -0.25) is 4.79 Å². The molecule has 0 aromatic rings. The van der Waals surface area contributed by atoms with Gasteiger partial charge in [-0.05, 0) is 51.4 Å². The molecule has 3 aliphatic heterocycles. The fraction of sp³-hybridized carbons (Fsp3) is 0.812. The number of nitrogens with one attached hydrogen (secondary N) is 1. The molecule has 0 spiro atoms. The molecule has 0 aromatic carbocycles. The summed E-state index contributed by atoms with van der Waals surface area (Å²) in [6, 6.07) is -0.891. The monoisotopic (exact) mass is 962 g/mol. The van der Waals surface area contributed by atoms with Gasteiger partial charge in [0.1, 0.15) is 73.2 Å². The predicted molar refractivity (Wildman–Crippen MR) is 245 cm³/mol. The number of hydrogen-bond donors (Lipinski definition) is 12. The van der Waals surface area contributed by atoms with Crippen molar-refractivity contribution in [2.45, 2.75) is 221 Å². The zero-order valence-corrected chi connectivity index (χ0v) is 39.4. The van der Waals surface area contributed by atoms with E-state index in [1.165, 1.54) is 0 Å². The van der Waals surface area contributed by atoms with Gasteiger partial charge in [0.25, 0.3) is 0 Å². The second-order valence-electron chi connectivity index (χ2n) is 17.5. The van der Waals surface area contributed by atoms with E-state index in [0.717, 1.165) is 77.0 Å². The molecular weight excluding hydrogens is 879 g/mol. The predicted octanol–water partition coefficient (Wildman–Crippen LogP) is 0.803. The van der Waals surface area contributed by atoms with Gasteiger partial charge in [-0.25, -0.2) is 0 Å². The lowest BCUT2D eigenvalue weighted by molar-refractivity contribution is -0.379. The molecule has 12 N–H and O–H groups in total. The molecule has 17 unspecified atom stereocenters. The van der Waals surface area contributed by atoms with Crippen LogP contribution in [0.25, 0.3) is 0 Å². The van der Waals surface area contributed by atoms with Crippen LogP contribution in [0.1, 0.15) is 117 Å². The van der Waals surface area contributed by atoms with Crippen LogP contribution in [0.3, 0.4) is 0 Å². The number of ether oxygens (including phenoxy) is 6. The first-order valence-electron chi connectivity index (χ1n) is 24.4. The van der Waals surface area contributed by atoms with Crippen LogP contribution in [-0.2, 0) is 33.2 Å². The zero-order chi connectivity index (χ0) is 49.1. The first-order chi connectivity index (χ1) is 32.3. The van der Waals surface area contributed by atoms with Crippen molar-refractivity contribution in [3.63, 3.8) is 0 Å². The van der Waals surface area contributed by atoms with Crippen LogP contribution in [0, 0.1) is 0 Å². The Kier molecular flexibility index (Phi) is 29.4. The van der Waals surface area contributed by atoms with E-state index in [-0.39, 0.29) is 18.9 Å². The summed E-state index contributed by atoms with van der Waals surface area (Å²) in [6.07, 6.45) is 4.84. The quantitative estimate of drug-likeness (QED) is 0.0328. The molecule has 388 valence electrons. The van der Waals surface area contributed by atoms with Gasteiger partial charge in [0.15, 0.2) is 18.9 Å². The Balaban J connectivity index is 1.45. The molecule has 3 fully saturated rings. The van der Waals surface area contributed by atoms with Gasteiger partial charge in [-0.15, -0.1) is 0 Å². The van der Waals surface area contributed by atoms with Gasteiger partial charge in [-0.1, -0.05) is 107 Å². The number of amides is 1. The molecule has 0 bridgehead atoms. The Bertz CT molecular complexity index is 1430. The topological polar surface area (TPSA) is 307 Å². The van der Waals surface area contributed by atoms with E-state index in [9.17, 15) is 61.0 Å². The van der Waals surface area contributed by atoms with Crippen LogP contribution >= 0.6 is 0 Å². The maximum atomic E-state index is 13.1. The first-order valence-corrected chi connectivity index (χ1v) is 24.4. The Morgan fingerprint density at radius 3 is 1.58 bits per heavy atom. The Hall–Kier alpha value is -2.25. The molecular formula is C48H83NO18. The lowest BCUT2D eigenvalue weighted by Gasteiger charge is -2.48. The normalized spacial score (nSPS) is 33.9. The molecule has 19 heteroatoms. The SMILES string of the molecule is CC/C=C\C/C=C\C/C=C\C/C=C\CCCCCCCCC(=O)NC(COC1OC(CO)C(OC2OC(CO)C(OC3OC(CO)C(O)C(O)C3O)C(O)C2O)C(O)C1O)C(O)CCCCC. The summed E-state index contributed by atoms with van der Waals surface area (Å²) < 4.78 is 33.9. The lowest BCUT2D eigenvalue weighted by atomic mass is 9.96. The van der Waals surface area contributed by atoms with E-state index in [0.29, 0.717) is 19.3 Å². The third kappa shape index (κ3) is 19.8. The van der Waals surface area contributed by atoms with Gasteiger partial charge < -0.3 is 89.9 Å². The summed E-state index contributed by atoms with van der Waals surface area (Å²) in [5, 5.41) is 119. The van der Waals surface area contributed by atoms with Crippen molar-refractivity contribution in [2.24, 2.45) is 0 Å². The van der Waals surface area contributed by atoms with Crippen LogP contribution in [0.2, 0.25) is 0 Å². The number of carbonyl (C=O) groups excluding carboxylic acids is 1. The van der Waals surface area contributed by atoms with Crippen LogP contribution in [-0.4, -0.2) is 193 Å². The summed E-state index contributed by atoms with van der Waals surface area (Å²) in [5.74, 6) is -0.274. The zero-order valence-electron chi connectivity index (χ0n) is 39.4. The Labute approximate surface area is 395 Å². The second-order valence-corrected chi connectivity index (χ2v) is 17.5. The van der Waals surface area contributed by atoms with E-state index < -0.39 is 124 Å². The first kappa shape index (κ1) is 59.1. The van der Waals surface area contributed by atoms with Crippen molar-refractivity contribution in [2.75, 3.05) is 26.4 Å². The third-order valence-corrected chi connectivity index (χ3v) is 12.2. The highest BCUT2D eigenvalue weighted by Gasteiger charge is 2.53. The summed E-state index contributed by atoms with van der Waals surface area (Å²) in [7, 11) is 0. The number of rotatable bonds is 32. The van der Waals surface area contributed by atoms with Crippen molar-refractivity contribution in [3.05, 3.63) is 48.6 Å². The van der Waals surface area contributed by atoms with Crippen molar-refractivity contribution >= 4 is 5.91 Å². The van der Waals surface area contributed by atoms with Crippen LogP contribution < -0.4 is 5.32 Å². The minimum absolute atomic E-state index is 0.245. The molecule has 3 saturated heterocycles. The molecule has 1 amide bonds. The number of aliphatic hydroxyl groups is 11. The molecule has 0 saturated carbocycles. The van der Waals surface area contributed by atoms with Crippen molar-refractivity contribution in [1.29, 1.82) is 0 Å². The van der Waals surface area contributed by atoms with Crippen molar-refractivity contribution in [3.8, 4) is 0 Å². The number of allylic oxidation sites excluding steroid dienone is 8. The van der Waals surface area contributed by atoms with Gasteiger partial charge in [-0.2, -0.15) is 0 Å². The smallest absolute Gasteiger partial charge is 0.220 e. The lowest BCUT2D eigenvalue weighted by Crippen LogP contribution is -2.66. The highest BCUT2D eigenvalue weighted by atomic mass is 16.8. The maximum Gasteiger partial charge on any atom is 0.220 e. The van der Waals surface area contributed by atoms with E-state index in [2.05, 4.69) is 60.8 Å². The Morgan fingerprint density at radius 2 is 1.03 bits per heavy atom. The minimum Gasteiger partial charge on any atom is -0.394 e. The van der Waals surface area contributed by atoms with E-state index >= 15 is 0 Å². The van der Waals surface area contributed by atoms with Crippen LogP contribution in [0.15, 0.2) is 48.6 Å². The molecule has 3 rings (SSSR count). The van der Waals surface area contributed by atoms with Crippen LogP contribution in [0.5, 0.6) is 0 Å². The average molecular weight is 962 g/mol. The maximum absolute atomic E-state index is 13.1. The fourth-order valence-corrected chi connectivity index (χ4v) is 8.06. The third-order valence-electron chi connectivity index (χ3n) is 12.2. The highest BCUT2D eigenvalue weighted by Crippen LogP contribution is 2.33. The van der Waals surface area contributed by atoms with Gasteiger partial charge >= 0.3 is 0 Å². The van der Waals surface area contributed by atoms with Crippen LogP contribution in [0.4, 0.5) is 0 Å². The van der Waals surface area contributed by atoms with E-state index in [4.69, 9.17) is 28.4 Å². The second kappa shape index (κ2) is 33.4. The molecule has 19 nitrogen and oxygen atoms in total. The summed E-state index contributed by atoms with van der Waals surface area (Å²) >= 11 is 0. The number of unbranched alkanes of at least 4 members (excludes halogenated alkanes) is 8. The molecule has 0 aromatic heterocycles. The number of carbonyl (C=O) groups is 1. The van der Waals surface area contributed by atoms with Gasteiger partial charge in [0.2, 0.25) is 5.91 Å². The van der Waals surface area contributed by atoms with Crippen molar-refractivity contribution < 1.29 is 89.4 Å². The molecule has 3 heterocycles. The van der Waals surface area contributed by atoms with E-state index in [1.54, 1.807) is 0 Å². The van der Waals surface area contributed by atoms with Gasteiger partial charge in [0, 0.05) is 6.42 Å². The van der Waals surface area contributed by atoms with E-state index in [1.807, 2.05) is 6.92 Å². The highest BCUT2D eigenvalue weighted by molar-refractivity contribution is 5.76. The standard InChI is InChI=1S/C48H83NO18/c1-3-5-7-8-9-10-11-12-13-14-15-16-17-18-19-20-21-22-24-26-36(54)49-31(32(53)25-23-6-4-2)30-62-46-42(60)39(57)44(34(28-51)64-46)67-48-43(61)40(58)45(35(29-52)65-48)66-47-41(59)38(56)37(55)33(27-50)63-47/h5,7,9-10,12-13,15-16,31-35,37-48,50-53,55-61H,3-4,6,8,11,14,17-30H2,1-2H3,(H,49,54)/b7-5-,10-9-,13-12-,16-15-. The summed E-state index contributed by atoms with van der Waals surface area (Å²) in [4.78, 5) is 13.1. The number of hydrogen-bond acceptors (Lipinski definition) is 18.